The van der Waals surface area contributed by atoms with E-state index in [-0.39, 0.29) is 11.7 Å². The van der Waals surface area contributed by atoms with E-state index in [1.165, 1.54) is 18.4 Å². The number of fused-ring (bicyclic) bond motifs is 1. The third kappa shape index (κ3) is 1.53. The number of epoxide rings is 1. The Morgan fingerprint density at radius 2 is 2.31 bits per heavy atom. The SMILES string of the molecule is CC(C)=C[C@H](O)C12CCCCC1O2. The summed E-state index contributed by atoms with van der Waals surface area (Å²) >= 11 is 0. The van der Waals surface area contributed by atoms with Crippen LogP contribution in [0.2, 0.25) is 0 Å². The molecule has 1 aliphatic carbocycles. The number of hydrogen-bond acceptors (Lipinski definition) is 2. The minimum Gasteiger partial charge on any atom is -0.386 e. The van der Waals surface area contributed by atoms with Crippen molar-refractivity contribution in [1.29, 1.82) is 0 Å². The molecule has 2 fully saturated rings. The van der Waals surface area contributed by atoms with Crippen molar-refractivity contribution < 1.29 is 9.84 Å². The van der Waals surface area contributed by atoms with Crippen LogP contribution in [-0.4, -0.2) is 22.9 Å². The molecule has 2 nitrogen and oxygen atoms in total. The average molecular weight is 182 g/mol. The highest BCUT2D eigenvalue weighted by Crippen LogP contribution is 2.50. The molecular formula is C11H18O2. The van der Waals surface area contributed by atoms with Gasteiger partial charge in [0, 0.05) is 0 Å². The molecule has 2 aliphatic rings. The lowest BCUT2D eigenvalue weighted by molar-refractivity contribution is 0.103. The van der Waals surface area contributed by atoms with Crippen LogP contribution in [0.1, 0.15) is 39.5 Å². The number of rotatable bonds is 2. The van der Waals surface area contributed by atoms with Crippen LogP contribution in [0.15, 0.2) is 11.6 Å². The lowest BCUT2D eigenvalue weighted by atomic mass is 9.84. The molecule has 3 atom stereocenters. The van der Waals surface area contributed by atoms with Crippen molar-refractivity contribution in [3.8, 4) is 0 Å². The summed E-state index contributed by atoms with van der Waals surface area (Å²) in [5.74, 6) is 0. The van der Waals surface area contributed by atoms with Crippen LogP contribution in [0.3, 0.4) is 0 Å². The molecule has 0 aromatic heterocycles. The first-order valence-corrected chi connectivity index (χ1v) is 5.16. The molecule has 1 aliphatic heterocycles. The molecule has 2 heteroatoms. The Kier molecular flexibility index (Phi) is 2.20. The first-order valence-electron chi connectivity index (χ1n) is 5.16. The van der Waals surface area contributed by atoms with Crippen molar-refractivity contribution in [2.45, 2.75) is 57.3 Å². The first-order chi connectivity index (χ1) is 6.15. The molecule has 0 spiro atoms. The molecular weight excluding hydrogens is 164 g/mol. The Balaban J connectivity index is 2.04. The maximum atomic E-state index is 9.94. The zero-order valence-corrected chi connectivity index (χ0v) is 8.42. The van der Waals surface area contributed by atoms with Crippen molar-refractivity contribution in [3.63, 3.8) is 0 Å². The molecule has 0 aromatic rings. The third-order valence-electron chi connectivity index (χ3n) is 3.13. The van der Waals surface area contributed by atoms with E-state index in [1.54, 1.807) is 0 Å². The van der Waals surface area contributed by atoms with Crippen LogP contribution in [-0.2, 0) is 4.74 Å². The van der Waals surface area contributed by atoms with E-state index in [0.717, 1.165) is 12.8 Å². The number of ether oxygens (including phenoxy) is 1. The molecule has 2 rings (SSSR count). The Bertz CT molecular complexity index is 230. The van der Waals surface area contributed by atoms with Gasteiger partial charge in [-0.15, -0.1) is 0 Å². The highest BCUT2D eigenvalue weighted by atomic mass is 16.6. The number of allylic oxidation sites excluding steroid dienone is 1. The molecule has 0 aromatic carbocycles. The zero-order valence-electron chi connectivity index (χ0n) is 8.42. The van der Waals surface area contributed by atoms with Gasteiger partial charge in [0.15, 0.2) is 0 Å². The van der Waals surface area contributed by atoms with Crippen molar-refractivity contribution >= 4 is 0 Å². The standard InChI is InChI=1S/C11H18O2/c1-8(2)7-9(12)11-6-4-3-5-10(11)13-11/h7,9-10,12H,3-6H2,1-2H3/t9-,10?,11?/m0/s1. The van der Waals surface area contributed by atoms with Gasteiger partial charge in [0.2, 0.25) is 0 Å². The zero-order chi connectivity index (χ0) is 9.47. The molecule has 2 unspecified atom stereocenters. The molecule has 1 heterocycles. The van der Waals surface area contributed by atoms with Crippen molar-refractivity contribution in [2.24, 2.45) is 0 Å². The minimum atomic E-state index is -0.386. The van der Waals surface area contributed by atoms with E-state index in [2.05, 4.69) is 0 Å². The first kappa shape index (κ1) is 9.22. The lowest BCUT2D eigenvalue weighted by Crippen LogP contribution is -2.32. The Morgan fingerprint density at radius 3 is 2.92 bits per heavy atom. The fourth-order valence-corrected chi connectivity index (χ4v) is 2.35. The fourth-order valence-electron chi connectivity index (χ4n) is 2.35. The molecule has 1 saturated carbocycles. The van der Waals surface area contributed by atoms with E-state index in [9.17, 15) is 5.11 Å². The van der Waals surface area contributed by atoms with Gasteiger partial charge in [-0.05, 0) is 26.7 Å². The van der Waals surface area contributed by atoms with Gasteiger partial charge in [-0.2, -0.15) is 0 Å². The summed E-state index contributed by atoms with van der Waals surface area (Å²) in [6, 6.07) is 0. The molecule has 1 saturated heterocycles. The Hall–Kier alpha value is -0.340. The van der Waals surface area contributed by atoms with Gasteiger partial charge >= 0.3 is 0 Å². The van der Waals surface area contributed by atoms with Crippen LogP contribution >= 0.6 is 0 Å². The van der Waals surface area contributed by atoms with Crippen LogP contribution in [0.25, 0.3) is 0 Å². The molecule has 1 N–H and O–H groups in total. The maximum absolute atomic E-state index is 9.94. The van der Waals surface area contributed by atoms with Gasteiger partial charge in [-0.25, -0.2) is 0 Å². The minimum absolute atomic E-state index is 0.185. The quantitative estimate of drug-likeness (QED) is 0.523. The van der Waals surface area contributed by atoms with Crippen LogP contribution in [0, 0.1) is 0 Å². The molecule has 13 heavy (non-hydrogen) atoms. The Morgan fingerprint density at radius 1 is 1.54 bits per heavy atom. The second kappa shape index (κ2) is 3.10. The van der Waals surface area contributed by atoms with E-state index >= 15 is 0 Å². The topological polar surface area (TPSA) is 32.8 Å². The van der Waals surface area contributed by atoms with E-state index in [1.807, 2.05) is 19.9 Å². The maximum Gasteiger partial charge on any atom is 0.124 e. The fraction of sp³-hybridized carbons (Fsp3) is 0.818. The molecule has 0 amide bonds. The van der Waals surface area contributed by atoms with Gasteiger partial charge < -0.3 is 9.84 Å². The second-order valence-electron chi connectivity index (χ2n) is 4.50. The van der Waals surface area contributed by atoms with E-state index in [4.69, 9.17) is 4.74 Å². The summed E-state index contributed by atoms with van der Waals surface area (Å²) < 4.78 is 5.63. The summed E-state index contributed by atoms with van der Waals surface area (Å²) in [4.78, 5) is 0. The van der Waals surface area contributed by atoms with Crippen LogP contribution in [0.4, 0.5) is 0 Å². The van der Waals surface area contributed by atoms with Crippen molar-refractivity contribution in [3.05, 3.63) is 11.6 Å². The highest BCUT2D eigenvalue weighted by Gasteiger charge is 2.60. The number of hydrogen-bond donors (Lipinski definition) is 1. The lowest BCUT2D eigenvalue weighted by Gasteiger charge is -2.20. The third-order valence-corrected chi connectivity index (χ3v) is 3.13. The summed E-state index contributed by atoms with van der Waals surface area (Å²) in [5, 5.41) is 9.94. The molecule has 74 valence electrons. The largest absolute Gasteiger partial charge is 0.386 e. The number of aliphatic hydroxyl groups is 1. The van der Waals surface area contributed by atoms with Crippen LogP contribution in [0.5, 0.6) is 0 Å². The molecule has 0 bridgehead atoms. The highest BCUT2D eigenvalue weighted by molar-refractivity contribution is 5.17. The predicted molar refractivity (Wildman–Crippen MR) is 51.5 cm³/mol. The van der Waals surface area contributed by atoms with Crippen LogP contribution < -0.4 is 0 Å². The summed E-state index contributed by atoms with van der Waals surface area (Å²) in [6.07, 6.45) is 6.49. The van der Waals surface area contributed by atoms with Gasteiger partial charge in [0.25, 0.3) is 0 Å². The van der Waals surface area contributed by atoms with Gasteiger partial charge in [0.1, 0.15) is 11.7 Å². The smallest absolute Gasteiger partial charge is 0.124 e. The van der Waals surface area contributed by atoms with Gasteiger partial charge in [0.05, 0.1) is 6.10 Å². The summed E-state index contributed by atoms with van der Waals surface area (Å²) in [6.45, 7) is 4.03. The Labute approximate surface area is 79.6 Å². The van der Waals surface area contributed by atoms with Gasteiger partial charge in [-0.3, -0.25) is 0 Å². The summed E-state index contributed by atoms with van der Waals surface area (Å²) in [5.41, 5.74) is 0.983. The monoisotopic (exact) mass is 182 g/mol. The average Bonchev–Trinajstić information content (AvgIpc) is 2.77. The second-order valence-corrected chi connectivity index (χ2v) is 4.50. The van der Waals surface area contributed by atoms with E-state index < -0.39 is 0 Å². The number of aliphatic hydroxyl groups excluding tert-OH is 1. The van der Waals surface area contributed by atoms with Crippen molar-refractivity contribution in [2.75, 3.05) is 0 Å². The van der Waals surface area contributed by atoms with Gasteiger partial charge in [-0.1, -0.05) is 24.5 Å². The predicted octanol–water partition coefficient (Wildman–Crippen LogP) is 2.03. The normalized spacial score (nSPS) is 39.2. The molecule has 0 radical (unpaired) electrons. The van der Waals surface area contributed by atoms with E-state index in [0.29, 0.717) is 6.10 Å². The summed E-state index contributed by atoms with van der Waals surface area (Å²) in [7, 11) is 0. The van der Waals surface area contributed by atoms with Crippen molar-refractivity contribution in [1.82, 2.24) is 0 Å².